The molecule has 41 heavy (non-hydrogen) atoms. The topological polar surface area (TPSA) is 93.4 Å². The van der Waals surface area contributed by atoms with Gasteiger partial charge in [-0.1, -0.05) is 60.3 Å². The summed E-state index contributed by atoms with van der Waals surface area (Å²) in [6, 6.07) is 20.8. The molecule has 0 atom stereocenters. The maximum absolute atomic E-state index is 12.9. The monoisotopic (exact) mass is 567 g/mol. The standard InChI is InChI=1S/C32H29N3O5S/c1-4-8-21-11-13-26(28(18-21)37-2)39-15-16-40-27-14-12-22(19-29(27)38-3)17-24-30(33)35-25(23-9-6-5-7-10-23)20-41-32(35)34-31(24)36/h4-7,9-14,17-20,33H,1,8,15-16H2,2-3H3/b24-17-,33-30?. The van der Waals surface area contributed by atoms with Gasteiger partial charge < -0.3 is 18.9 Å². The lowest BCUT2D eigenvalue weighted by atomic mass is 10.1. The Morgan fingerprint density at radius 3 is 2.29 bits per heavy atom. The quantitative estimate of drug-likeness (QED) is 0.168. The lowest BCUT2D eigenvalue weighted by Gasteiger charge is -2.27. The van der Waals surface area contributed by atoms with Gasteiger partial charge in [-0.05, 0) is 53.5 Å². The zero-order valence-corrected chi connectivity index (χ0v) is 23.6. The molecule has 0 aromatic heterocycles. The van der Waals surface area contributed by atoms with Crippen molar-refractivity contribution in [3.63, 3.8) is 0 Å². The van der Waals surface area contributed by atoms with Gasteiger partial charge in [0, 0.05) is 5.41 Å². The zero-order chi connectivity index (χ0) is 28.8. The number of carbonyl (C=O) groups excluding carboxylic acids is 1. The van der Waals surface area contributed by atoms with Gasteiger partial charge in [0.1, 0.15) is 19.0 Å². The van der Waals surface area contributed by atoms with Crippen LogP contribution in [0.2, 0.25) is 0 Å². The summed E-state index contributed by atoms with van der Waals surface area (Å²) in [7, 11) is 3.16. The fourth-order valence-electron chi connectivity index (χ4n) is 4.40. The van der Waals surface area contributed by atoms with E-state index in [4.69, 9.17) is 24.4 Å². The first-order valence-corrected chi connectivity index (χ1v) is 13.8. The highest BCUT2D eigenvalue weighted by molar-refractivity contribution is 8.17. The number of ether oxygens (including phenoxy) is 4. The Labute approximate surface area is 243 Å². The van der Waals surface area contributed by atoms with Crippen LogP contribution in [0.5, 0.6) is 23.0 Å². The van der Waals surface area contributed by atoms with E-state index in [-0.39, 0.29) is 18.0 Å². The van der Waals surface area contributed by atoms with Crippen molar-refractivity contribution >= 4 is 40.4 Å². The molecule has 0 bridgehead atoms. The van der Waals surface area contributed by atoms with Gasteiger partial charge in [-0.15, -0.1) is 6.58 Å². The molecule has 0 unspecified atom stereocenters. The number of rotatable bonds is 11. The van der Waals surface area contributed by atoms with E-state index >= 15 is 0 Å². The average Bonchev–Trinajstić information content (AvgIpc) is 3.42. The molecule has 0 saturated heterocycles. The van der Waals surface area contributed by atoms with Gasteiger partial charge in [0.25, 0.3) is 5.91 Å². The van der Waals surface area contributed by atoms with Gasteiger partial charge >= 0.3 is 0 Å². The summed E-state index contributed by atoms with van der Waals surface area (Å²) in [4.78, 5) is 18.8. The number of allylic oxidation sites excluding steroid dienone is 1. The molecule has 0 fully saturated rings. The van der Waals surface area contributed by atoms with Crippen LogP contribution in [-0.2, 0) is 11.2 Å². The predicted molar refractivity (Wildman–Crippen MR) is 163 cm³/mol. The number of fused-ring (bicyclic) bond motifs is 1. The summed E-state index contributed by atoms with van der Waals surface area (Å²) in [6.45, 7) is 4.34. The number of benzene rings is 3. The molecule has 0 aliphatic carbocycles. The fourth-order valence-corrected chi connectivity index (χ4v) is 5.29. The van der Waals surface area contributed by atoms with Crippen molar-refractivity contribution in [2.24, 2.45) is 4.99 Å². The Morgan fingerprint density at radius 1 is 0.927 bits per heavy atom. The van der Waals surface area contributed by atoms with Gasteiger partial charge in [-0.3, -0.25) is 15.1 Å². The number of methoxy groups -OCH3 is 2. The van der Waals surface area contributed by atoms with E-state index in [2.05, 4.69) is 11.6 Å². The van der Waals surface area contributed by atoms with Crippen LogP contribution in [0.3, 0.4) is 0 Å². The number of nitrogens with one attached hydrogen (secondary N) is 1. The SMILES string of the molecule is C=CCc1ccc(OCCOc2ccc(/C=C3/C(=N)N4C(c5ccccc5)=CSC4=NC3=O)cc2OC)c(OC)c1. The number of aliphatic imine (C=N–C) groups is 1. The molecular formula is C32H29N3O5S. The summed E-state index contributed by atoms with van der Waals surface area (Å²) in [5.74, 6) is 1.92. The highest BCUT2D eigenvalue weighted by atomic mass is 32.2. The number of thioether (sulfide) groups is 1. The number of nitrogens with zero attached hydrogens (tertiary/aromatic N) is 2. The number of carbonyl (C=O) groups is 1. The molecule has 1 N–H and O–H groups in total. The second-order valence-corrected chi connectivity index (χ2v) is 9.85. The van der Waals surface area contributed by atoms with E-state index < -0.39 is 5.91 Å². The highest BCUT2D eigenvalue weighted by Gasteiger charge is 2.36. The van der Waals surface area contributed by atoms with Crippen molar-refractivity contribution in [3.8, 4) is 23.0 Å². The largest absolute Gasteiger partial charge is 0.493 e. The number of amidine groups is 2. The van der Waals surface area contributed by atoms with Crippen LogP contribution in [0.4, 0.5) is 0 Å². The van der Waals surface area contributed by atoms with Gasteiger partial charge in [0.2, 0.25) is 0 Å². The van der Waals surface area contributed by atoms with Crippen LogP contribution in [-0.4, -0.2) is 49.2 Å². The Balaban J connectivity index is 1.27. The molecular weight excluding hydrogens is 538 g/mol. The second-order valence-electron chi connectivity index (χ2n) is 9.01. The van der Waals surface area contributed by atoms with Gasteiger partial charge in [-0.2, -0.15) is 4.99 Å². The fraction of sp³-hybridized carbons (Fsp3) is 0.156. The lowest BCUT2D eigenvalue weighted by molar-refractivity contribution is -0.114. The van der Waals surface area contributed by atoms with Crippen molar-refractivity contribution in [2.75, 3.05) is 27.4 Å². The summed E-state index contributed by atoms with van der Waals surface area (Å²) < 4.78 is 22.8. The van der Waals surface area contributed by atoms with Crippen molar-refractivity contribution in [3.05, 3.63) is 107 Å². The molecule has 0 radical (unpaired) electrons. The number of hydrogen-bond acceptors (Lipinski definition) is 7. The van der Waals surface area contributed by atoms with Crippen LogP contribution in [0.25, 0.3) is 11.8 Å². The van der Waals surface area contributed by atoms with Gasteiger partial charge in [0.15, 0.2) is 28.2 Å². The highest BCUT2D eigenvalue weighted by Crippen LogP contribution is 2.38. The van der Waals surface area contributed by atoms with Crippen molar-refractivity contribution in [2.45, 2.75) is 6.42 Å². The molecule has 0 saturated carbocycles. The molecule has 8 nitrogen and oxygen atoms in total. The lowest BCUT2D eigenvalue weighted by Crippen LogP contribution is -2.38. The maximum Gasteiger partial charge on any atom is 0.283 e. The van der Waals surface area contributed by atoms with E-state index in [1.54, 1.807) is 43.4 Å². The van der Waals surface area contributed by atoms with Crippen LogP contribution < -0.4 is 18.9 Å². The van der Waals surface area contributed by atoms with Crippen molar-refractivity contribution in [1.29, 1.82) is 5.41 Å². The third-order valence-corrected chi connectivity index (χ3v) is 7.22. The average molecular weight is 568 g/mol. The third-order valence-electron chi connectivity index (χ3n) is 6.39. The van der Waals surface area contributed by atoms with Gasteiger partial charge in [0.05, 0.1) is 25.5 Å². The van der Waals surface area contributed by atoms with Gasteiger partial charge in [-0.25, -0.2) is 0 Å². The Hall–Kier alpha value is -4.76. The molecule has 3 aromatic carbocycles. The number of amides is 1. The minimum atomic E-state index is -0.458. The van der Waals surface area contributed by atoms with E-state index in [0.717, 1.165) is 23.2 Å². The minimum Gasteiger partial charge on any atom is -0.493 e. The molecule has 3 aromatic rings. The summed E-state index contributed by atoms with van der Waals surface area (Å²) in [6.07, 6.45) is 4.23. The molecule has 0 spiro atoms. The van der Waals surface area contributed by atoms with Crippen LogP contribution in [0.1, 0.15) is 16.7 Å². The first kappa shape index (κ1) is 27.8. The Morgan fingerprint density at radius 2 is 1.61 bits per heavy atom. The van der Waals surface area contributed by atoms with Crippen molar-refractivity contribution < 1.29 is 23.7 Å². The van der Waals surface area contributed by atoms with Crippen molar-refractivity contribution in [1.82, 2.24) is 4.90 Å². The molecule has 2 aliphatic rings. The molecule has 1 amide bonds. The van der Waals surface area contributed by atoms with Crippen LogP contribution in [0.15, 0.2) is 95.4 Å². The Kier molecular flexibility index (Phi) is 8.55. The van der Waals surface area contributed by atoms with E-state index in [0.29, 0.717) is 40.3 Å². The molecule has 208 valence electrons. The second kappa shape index (κ2) is 12.6. The molecule has 2 heterocycles. The Bertz CT molecular complexity index is 1580. The number of hydrogen-bond donors (Lipinski definition) is 1. The van der Waals surface area contributed by atoms with E-state index in [1.807, 2.05) is 60.0 Å². The first-order valence-electron chi connectivity index (χ1n) is 12.9. The van der Waals surface area contributed by atoms with E-state index in [9.17, 15) is 4.79 Å². The minimum absolute atomic E-state index is 0.0736. The summed E-state index contributed by atoms with van der Waals surface area (Å²) >= 11 is 1.33. The molecule has 2 aliphatic heterocycles. The maximum atomic E-state index is 12.9. The van der Waals surface area contributed by atoms with E-state index in [1.165, 1.54) is 11.8 Å². The third kappa shape index (κ3) is 6.05. The summed E-state index contributed by atoms with van der Waals surface area (Å²) in [5.41, 5.74) is 3.71. The first-order chi connectivity index (χ1) is 20.0. The van der Waals surface area contributed by atoms with Crippen LogP contribution in [0, 0.1) is 5.41 Å². The summed E-state index contributed by atoms with van der Waals surface area (Å²) in [5, 5.41) is 11.2. The van der Waals surface area contributed by atoms with Crippen LogP contribution >= 0.6 is 11.8 Å². The smallest absolute Gasteiger partial charge is 0.283 e. The zero-order valence-electron chi connectivity index (χ0n) is 22.8. The normalized spacial score (nSPS) is 15.3. The molecule has 9 heteroatoms. The predicted octanol–water partition coefficient (Wildman–Crippen LogP) is 6.19. The molecule has 5 rings (SSSR count).